The fraction of sp³-hybridized carbons (Fsp3) is 0.100. The van der Waals surface area contributed by atoms with E-state index in [-0.39, 0.29) is 18.0 Å². The summed E-state index contributed by atoms with van der Waals surface area (Å²) in [6, 6.07) is 5.06. The highest BCUT2D eigenvalue weighted by Gasteiger charge is 2.12. The summed E-state index contributed by atoms with van der Waals surface area (Å²) in [7, 11) is 0. The lowest BCUT2D eigenvalue weighted by Gasteiger charge is -2.01. The van der Waals surface area contributed by atoms with Crippen molar-refractivity contribution in [3.63, 3.8) is 0 Å². The smallest absolute Gasteiger partial charge is 0.142 e. The van der Waals surface area contributed by atoms with Crippen molar-refractivity contribution in [3.05, 3.63) is 28.9 Å². The van der Waals surface area contributed by atoms with Crippen LogP contribution in [0.4, 0.5) is 4.39 Å². The van der Waals surface area contributed by atoms with Crippen molar-refractivity contribution in [2.75, 3.05) is 0 Å². The molecule has 2 rings (SSSR count). The van der Waals surface area contributed by atoms with Crippen LogP contribution in [0.1, 0.15) is 5.56 Å². The zero-order chi connectivity index (χ0) is 10.1. The van der Waals surface area contributed by atoms with Gasteiger partial charge in [0.1, 0.15) is 11.6 Å². The molecule has 0 saturated heterocycles. The number of benzene rings is 1. The molecule has 0 saturated carbocycles. The summed E-state index contributed by atoms with van der Waals surface area (Å²) in [5.41, 5.74) is 0.378. The molecule has 0 bridgehead atoms. The third kappa shape index (κ3) is 1.22. The fourth-order valence-electron chi connectivity index (χ4n) is 1.41. The van der Waals surface area contributed by atoms with E-state index in [0.717, 1.165) is 4.70 Å². The first-order chi connectivity index (χ1) is 6.74. The Morgan fingerprint density at radius 3 is 3.00 bits per heavy atom. The molecule has 0 atom stereocenters. The van der Waals surface area contributed by atoms with Crippen LogP contribution in [0.3, 0.4) is 0 Å². The number of phenols is 1. The van der Waals surface area contributed by atoms with Gasteiger partial charge in [0.15, 0.2) is 0 Å². The Bertz CT molecular complexity index is 527. The lowest BCUT2D eigenvalue weighted by atomic mass is 10.1. The molecule has 0 aliphatic heterocycles. The Morgan fingerprint density at radius 2 is 2.29 bits per heavy atom. The first-order valence-electron chi connectivity index (χ1n) is 3.98. The number of nitriles is 1. The van der Waals surface area contributed by atoms with Crippen LogP contribution in [0.2, 0.25) is 0 Å². The average molecular weight is 207 g/mol. The molecule has 0 aliphatic carbocycles. The highest BCUT2D eigenvalue weighted by molar-refractivity contribution is 7.17. The van der Waals surface area contributed by atoms with E-state index < -0.39 is 0 Å². The summed E-state index contributed by atoms with van der Waals surface area (Å²) in [5, 5.41) is 19.8. The third-order valence-electron chi connectivity index (χ3n) is 2.03. The number of nitrogens with zero attached hydrogens (tertiary/aromatic N) is 1. The Morgan fingerprint density at radius 1 is 1.50 bits per heavy atom. The van der Waals surface area contributed by atoms with Crippen LogP contribution in [0.25, 0.3) is 10.1 Å². The molecule has 1 N–H and O–H groups in total. The fourth-order valence-corrected chi connectivity index (χ4v) is 2.24. The highest BCUT2D eigenvalue weighted by Crippen LogP contribution is 2.33. The zero-order valence-corrected chi connectivity index (χ0v) is 7.94. The Hall–Kier alpha value is -1.60. The van der Waals surface area contributed by atoms with E-state index in [1.165, 1.54) is 22.8 Å². The largest absolute Gasteiger partial charge is 0.508 e. The molecule has 0 unspecified atom stereocenters. The van der Waals surface area contributed by atoms with Crippen LogP contribution in [0.15, 0.2) is 17.5 Å². The van der Waals surface area contributed by atoms with Crippen LogP contribution in [-0.2, 0) is 6.42 Å². The number of phenolic OH excluding ortho intramolecular Hbond substituents is 1. The molecular formula is C10H6FNOS. The molecule has 0 amide bonds. The predicted octanol–water partition coefficient (Wildman–Crippen LogP) is 2.81. The van der Waals surface area contributed by atoms with Crippen molar-refractivity contribution in [2.45, 2.75) is 6.42 Å². The van der Waals surface area contributed by atoms with Gasteiger partial charge in [-0.15, -0.1) is 11.3 Å². The van der Waals surface area contributed by atoms with Crippen LogP contribution >= 0.6 is 11.3 Å². The molecule has 2 nitrogen and oxygen atoms in total. The molecule has 0 fully saturated rings. The van der Waals surface area contributed by atoms with E-state index in [2.05, 4.69) is 0 Å². The first-order valence-corrected chi connectivity index (χ1v) is 4.86. The van der Waals surface area contributed by atoms with E-state index >= 15 is 0 Å². The maximum atomic E-state index is 13.3. The van der Waals surface area contributed by atoms with E-state index in [9.17, 15) is 9.50 Å². The standard InChI is InChI=1S/C10H6FNOS/c11-7-5-14-9-2-1-8(13)6(3-4-12)10(7)9/h1-2,5,13H,3H2. The van der Waals surface area contributed by atoms with Crippen LogP contribution in [0, 0.1) is 17.1 Å². The summed E-state index contributed by atoms with van der Waals surface area (Å²) in [6.07, 6.45) is 0.0246. The van der Waals surface area contributed by atoms with Crippen molar-refractivity contribution < 1.29 is 9.50 Å². The van der Waals surface area contributed by atoms with Crippen LogP contribution in [0.5, 0.6) is 5.75 Å². The number of halogens is 1. The molecule has 1 heterocycles. The number of hydrogen-bond acceptors (Lipinski definition) is 3. The monoisotopic (exact) mass is 207 g/mol. The van der Waals surface area contributed by atoms with Gasteiger partial charge in [-0.1, -0.05) is 0 Å². The van der Waals surface area contributed by atoms with Crippen molar-refractivity contribution in [1.82, 2.24) is 0 Å². The second-order valence-corrected chi connectivity index (χ2v) is 3.77. The van der Waals surface area contributed by atoms with Gasteiger partial charge >= 0.3 is 0 Å². The zero-order valence-electron chi connectivity index (χ0n) is 7.12. The summed E-state index contributed by atoms with van der Waals surface area (Å²) >= 11 is 1.27. The minimum atomic E-state index is -0.369. The Kier molecular flexibility index (Phi) is 2.10. The molecule has 0 radical (unpaired) electrons. The van der Waals surface area contributed by atoms with Gasteiger partial charge in [0.25, 0.3) is 0 Å². The topological polar surface area (TPSA) is 44.0 Å². The lowest BCUT2D eigenvalue weighted by Crippen LogP contribution is -1.85. The summed E-state index contributed by atoms with van der Waals surface area (Å²) in [6.45, 7) is 0. The highest BCUT2D eigenvalue weighted by atomic mass is 32.1. The summed E-state index contributed by atoms with van der Waals surface area (Å²) in [5.74, 6) is -0.387. The van der Waals surface area contributed by atoms with Gasteiger partial charge in [-0.3, -0.25) is 0 Å². The lowest BCUT2D eigenvalue weighted by molar-refractivity contribution is 0.470. The summed E-state index contributed by atoms with van der Waals surface area (Å²) < 4.78 is 14.1. The van der Waals surface area contributed by atoms with E-state index in [0.29, 0.717) is 10.9 Å². The minimum Gasteiger partial charge on any atom is -0.508 e. The maximum Gasteiger partial charge on any atom is 0.142 e. The second-order valence-electron chi connectivity index (χ2n) is 2.85. The first kappa shape index (κ1) is 8.97. The van der Waals surface area contributed by atoms with Crippen molar-refractivity contribution in [3.8, 4) is 11.8 Å². The van der Waals surface area contributed by atoms with Gasteiger partial charge in [0.2, 0.25) is 0 Å². The van der Waals surface area contributed by atoms with Gasteiger partial charge in [0, 0.05) is 21.0 Å². The van der Waals surface area contributed by atoms with Crippen molar-refractivity contribution in [1.29, 1.82) is 5.26 Å². The molecule has 0 spiro atoms. The molecule has 2 aromatic rings. The van der Waals surface area contributed by atoms with E-state index in [1.54, 1.807) is 6.07 Å². The molecule has 1 aromatic carbocycles. The number of thiophene rings is 1. The van der Waals surface area contributed by atoms with E-state index in [1.807, 2.05) is 6.07 Å². The number of rotatable bonds is 1. The van der Waals surface area contributed by atoms with Crippen LogP contribution in [-0.4, -0.2) is 5.11 Å². The predicted molar refractivity (Wildman–Crippen MR) is 52.8 cm³/mol. The van der Waals surface area contributed by atoms with Gasteiger partial charge in [0.05, 0.1) is 12.5 Å². The second kappa shape index (κ2) is 3.28. The Labute approximate surface area is 83.8 Å². The normalized spacial score (nSPS) is 10.3. The Balaban J connectivity index is 2.81. The maximum absolute atomic E-state index is 13.3. The van der Waals surface area contributed by atoms with Gasteiger partial charge in [-0.25, -0.2) is 4.39 Å². The third-order valence-corrected chi connectivity index (χ3v) is 2.95. The van der Waals surface area contributed by atoms with Crippen molar-refractivity contribution in [2.24, 2.45) is 0 Å². The molecule has 0 aliphatic rings. The minimum absolute atomic E-state index is 0.0173. The molecule has 4 heteroatoms. The molecule has 1 aromatic heterocycles. The van der Waals surface area contributed by atoms with Crippen LogP contribution < -0.4 is 0 Å². The van der Waals surface area contributed by atoms with E-state index in [4.69, 9.17) is 5.26 Å². The van der Waals surface area contributed by atoms with Gasteiger partial charge in [-0.05, 0) is 12.1 Å². The van der Waals surface area contributed by atoms with Crippen molar-refractivity contribution >= 4 is 21.4 Å². The summed E-state index contributed by atoms with van der Waals surface area (Å²) in [4.78, 5) is 0. The van der Waals surface area contributed by atoms with Gasteiger partial charge < -0.3 is 5.11 Å². The molecule has 14 heavy (non-hydrogen) atoms. The number of hydrogen-bond donors (Lipinski definition) is 1. The average Bonchev–Trinajstić information content (AvgIpc) is 2.53. The number of aromatic hydroxyl groups is 1. The van der Waals surface area contributed by atoms with Gasteiger partial charge in [-0.2, -0.15) is 5.26 Å². The SMILES string of the molecule is N#CCc1c(O)ccc2scc(F)c12. The molecule has 70 valence electrons. The molecular weight excluding hydrogens is 201 g/mol. The number of fused-ring (bicyclic) bond motifs is 1. The quantitative estimate of drug-likeness (QED) is 0.781.